The van der Waals surface area contributed by atoms with Gasteiger partial charge in [0.2, 0.25) is 5.24 Å². The molecule has 2 aromatic carbocycles. The molecule has 0 fully saturated rings. The van der Waals surface area contributed by atoms with E-state index in [0.717, 1.165) is 5.41 Å². The average molecular weight is 514 g/mol. The monoisotopic (exact) mass is 513 g/mol. The molecule has 0 amide bonds. The summed E-state index contributed by atoms with van der Waals surface area (Å²) >= 11 is 5.23. The number of hydrogen-bond donors (Lipinski definition) is 1. The highest BCUT2D eigenvalue weighted by Crippen LogP contribution is 2.35. The highest BCUT2D eigenvalue weighted by Gasteiger charge is 2.16. The van der Waals surface area contributed by atoms with Gasteiger partial charge in [-0.15, -0.1) is 0 Å². The number of sulfonamides is 1. The maximum Gasteiger partial charge on any atom is 0.311 e. The molecule has 0 heterocycles. The van der Waals surface area contributed by atoms with Gasteiger partial charge in [0.1, 0.15) is 17.2 Å². The van der Waals surface area contributed by atoms with Crippen molar-refractivity contribution in [3.63, 3.8) is 0 Å². The SMILES string of the molecule is COc1cc(OC)c(C=CS(=O)(=O)Nc2ccc(OC)c(OC(=O)CCC(=O)Cl)c2)c(OC)c1. The molecule has 0 unspecified atom stereocenters. The first-order valence-corrected chi connectivity index (χ1v) is 11.6. The first-order chi connectivity index (χ1) is 16.1. The molecule has 0 atom stereocenters. The van der Waals surface area contributed by atoms with E-state index in [1.807, 2.05) is 0 Å². The van der Waals surface area contributed by atoms with Gasteiger partial charge < -0.3 is 23.7 Å². The molecule has 0 bridgehead atoms. The van der Waals surface area contributed by atoms with Crippen molar-refractivity contribution in [3.8, 4) is 28.7 Å². The minimum atomic E-state index is -4.00. The second kappa shape index (κ2) is 12.1. The summed E-state index contributed by atoms with van der Waals surface area (Å²) in [5.74, 6) is 0.593. The lowest BCUT2D eigenvalue weighted by molar-refractivity contribution is -0.135. The van der Waals surface area contributed by atoms with E-state index in [9.17, 15) is 18.0 Å². The van der Waals surface area contributed by atoms with Gasteiger partial charge in [-0.3, -0.25) is 14.3 Å². The zero-order chi connectivity index (χ0) is 25.3. The highest BCUT2D eigenvalue weighted by atomic mass is 35.5. The average Bonchev–Trinajstić information content (AvgIpc) is 2.80. The van der Waals surface area contributed by atoms with Crippen LogP contribution in [0.2, 0.25) is 0 Å². The lowest BCUT2D eigenvalue weighted by Gasteiger charge is -2.13. The Morgan fingerprint density at radius 2 is 1.50 bits per heavy atom. The molecular weight excluding hydrogens is 490 g/mol. The lowest BCUT2D eigenvalue weighted by atomic mass is 10.1. The summed E-state index contributed by atoms with van der Waals surface area (Å²) in [6.07, 6.45) is 0.876. The first kappa shape index (κ1) is 26.8. The maximum atomic E-state index is 12.7. The van der Waals surface area contributed by atoms with E-state index in [4.69, 9.17) is 35.3 Å². The van der Waals surface area contributed by atoms with Crippen molar-refractivity contribution < 1.29 is 41.7 Å². The Balaban J connectivity index is 2.27. The molecule has 0 saturated carbocycles. The molecule has 2 rings (SSSR count). The van der Waals surface area contributed by atoms with Gasteiger partial charge in [-0.2, -0.15) is 0 Å². The van der Waals surface area contributed by atoms with Crippen molar-refractivity contribution in [2.75, 3.05) is 33.2 Å². The molecule has 1 N–H and O–H groups in total. The van der Waals surface area contributed by atoms with Crippen LogP contribution in [0, 0.1) is 0 Å². The molecule has 0 aliphatic rings. The van der Waals surface area contributed by atoms with Crippen molar-refractivity contribution in [3.05, 3.63) is 41.3 Å². The number of carbonyl (C=O) groups is 2. The van der Waals surface area contributed by atoms with Crippen LogP contribution >= 0.6 is 11.6 Å². The zero-order valence-electron chi connectivity index (χ0n) is 18.9. The topological polar surface area (TPSA) is 126 Å². The predicted octanol–water partition coefficient (Wildman–Crippen LogP) is 3.58. The summed E-state index contributed by atoms with van der Waals surface area (Å²) < 4.78 is 53.8. The van der Waals surface area contributed by atoms with Crippen molar-refractivity contribution in [2.45, 2.75) is 12.8 Å². The predicted molar refractivity (Wildman–Crippen MR) is 126 cm³/mol. The maximum absolute atomic E-state index is 12.7. The van der Waals surface area contributed by atoms with E-state index in [0.29, 0.717) is 22.8 Å². The summed E-state index contributed by atoms with van der Waals surface area (Å²) in [5.41, 5.74) is 0.490. The first-order valence-electron chi connectivity index (χ1n) is 9.70. The van der Waals surface area contributed by atoms with Gasteiger partial charge in [-0.1, -0.05) is 0 Å². The van der Waals surface area contributed by atoms with Crippen LogP contribution in [0.5, 0.6) is 28.7 Å². The highest BCUT2D eigenvalue weighted by molar-refractivity contribution is 7.95. The fourth-order valence-corrected chi connectivity index (χ4v) is 3.68. The van der Waals surface area contributed by atoms with E-state index < -0.39 is 21.2 Å². The summed E-state index contributed by atoms with van der Waals surface area (Å²) in [6, 6.07) is 7.30. The summed E-state index contributed by atoms with van der Waals surface area (Å²) in [6.45, 7) is 0. The Bertz CT molecular complexity index is 1150. The molecule has 0 radical (unpaired) electrons. The second-order valence-electron chi connectivity index (χ2n) is 6.59. The van der Waals surface area contributed by atoms with Crippen molar-refractivity contribution >= 4 is 44.6 Å². The van der Waals surface area contributed by atoms with Crippen LogP contribution in [0.1, 0.15) is 18.4 Å². The van der Waals surface area contributed by atoms with Crippen LogP contribution in [0.3, 0.4) is 0 Å². The zero-order valence-corrected chi connectivity index (χ0v) is 20.5. The molecule has 0 aliphatic heterocycles. The van der Waals surface area contributed by atoms with Crippen molar-refractivity contribution in [2.24, 2.45) is 0 Å². The summed E-state index contributed by atoms with van der Waals surface area (Å²) in [5, 5.41) is 0.254. The fourth-order valence-electron chi connectivity index (χ4n) is 2.75. The number of carbonyl (C=O) groups excluding carboxylic acids is 2. The quantitative estimate of drug-likeness (QED) is 0.257. The van der Waals surface area contributed by atoms with E-state index in [-0.39, 0.29) is 30.0 Å². The largest absolute Gasteiger partial charge is 0.496 e. The van der Waals surface area contributed by atoms with Gasteiger partial charge in [0.05, 0.1) is 51.5 Å². The number of anilines is 1. The Hall–Kier alpha value is -3.44. The standard InChI is InChI=1S/C22H24ClNO9S/c1-29-15-12-18(31-3)16(19(13-15)32-4)9-10-34(27,28)24-14-5-6-17(30-2)20(11-14)33-22(26)8-7-21(23)25/h5-6,9-13,24H,7-8H2,1-4H3. The Morgan fingerprint density at radius 3 is 2.03 bits per heavy atom. The van der Waals surface area contributed by atoms with Gasteiger partial charge in [-0.25, -0.2) is 8.42 Å². The van der Waals surface area contributed by atoms with Crippen LogP contribution in [-0.4, -0.2) is 48.1 Å². The van der Waals surface area contributed by atoms with Gasteiger partial charge in [0.15, 0.2) is 11.5 Å². The van der Waals surface area contributed by atoms with E-state index in [2.05, 4.69) is 4.72 Å². The number of methoxy groups -OCH3 is 4. The summed E-state index contributed by atoms with van der Waals surface area (Å²) in [7, 11) is 1.70. The molecule has 2 aromatic rings. The third-order valence-electron chi connectivity index (χ3n) is 4.34. The Kier molecular flexibility index (Phi) is 9.58. The minimum Gasteiger partial charge on any atom is -0.496 e. The molecule has 34 heavy (non-hydrogen) atoms. The van der Waals surface area contributed by atoms with E-state index in [1.54, 1.807) is 12.1 Å². The van der Waals surface area contributed by atoms with Gasteiger partial charge in [-0.05, 0) is 29.8 Å². The van der Waals surface area contributed by atoms with E-state index in [1.165, 1.54) is 52.7 Å². The van der Waals surface area contributed by atoms with Crippen molar-refractivity contribution in [1.82, 2.24) is 0 Å². The molecule has 184 valence electrons. The van der Waals surface area contributed by atoms with Gasteiger partial charge >= 0.3 is 5.97 Å². The van der Waals surface area contributed by atoms with Crippen LogP contribution in [0.15, 0.2) is 35.7 Å². The normalized spacial score (nSPS) is 11.1. The van der Waals surface area contributed by atoms with Crippen LogP contribution in [-0.2, 0) is 19.6 Å². The van der Waals surface area contributed by atoms with Crippen LogP contribution in [0.25, 0.3) is 6.08 Å². The molecule has 0 saturated heterocycles. The smallest absolute Gasteiger partial charge is 0.311 e. The Morgan fingerprint density at radius 1 is 0.882 bits per heavy atom. The molecule has 0 aromatic heterocycles. The number of benzene rings is 2. The lowest BCUT2D eigenvalue weighted by Crippen LogP contribution is -2.11. The Labute approximate surface area is 202 Å². The second-order valence-corrected chi connectivity index (χ2v) is 8.58. The molecular formula is C22H24ClNO9S. The number of nitrogens with one attached hydrogen (secondary N) is 1. The minimum absolute atomic E-state index is 0.0304. The van der Waals surface area contributed by atoms with E-state index >= 15 is 0 Å². The van der Waals surface area contributed by atoms with Gasteiger partial charge in [0, 0.05) is 24.6 Å². The number of halogens is 1. The molecule has 12 heteroatoms. The summed E-state index contributed by atoms with van der Waals surface area (Å²) in [4.78, 5) is 22.8. The number of rotatable bonds is 12. The fraction of sp³-hybridized carbons (Fsp3) is 0.273. The number of ether oxygens (including phenoxy) is 5. The van der Waals surface area contributed by atoms with Gasteiger partial charge in [0.25, 0.3) is 10.0 Å². The molecule has 10 nitrogen and oxygen atoms in total. The molecule has 0 aliphatic carbocycles. The van der Waals surface area contributed by atoms with Crippen molar-refractivity contribution in [1.29, 1.82) is 0 Å². The molecule has 0 spiro atoms. The third kappa shape index (κ3) is 7.56. The third-order valence-corrected chi connectivity index (χ3v) is 5.54. The number of hydrogen-bond acceptors (Lipinski definition) is 9. The number of esters is 1. The van der Waals surface area contributed by atoms with Crippen LogP contribution in [0.4, 0.5) is 5.69 Å². The van der Waals surface area contributed by atoms with Crippen LogP contribution < -0.4 is 28.4 Å².